The summed E-state index contributed by atoms with van der Waals surface area (Å²) in [6, 6.07) is 13.2. The maximum absolute atomic E-state index is 13.6. The van der Waals surface area contributed by atoms with E-state index < -0.39 is 33.6 Å². The average Bonchev–Trinajstić information content (AvgIpc) is 3.27. The molecule has 0 radical (unpaired) electrons. The van der Waals surface area contributed by atoms with Gasteiger partial charge in [0.05, 0.1) is 22.3 Å². The van der Waals surface area contributed by atoms with E-state index in [0.717, 1.165) is 18.6 Å². The number of amides is 1. The predicted octanol–water partition coefficient (Wildman–Crippen LogP) is 5.33. The van der Waals surface area contributed by atoms with Crippen LogP contribution in [-0.4, -0.2) is 66.7 Å². The van der Waals surface area contributed by atoms with Crippen molar-refractivity contribution in [2.45, 2.75) is 81.3 Å². The molecule has 1 amide bonds. The van der Waals surface area contributed by atoms with Crippen molar-refractivity contribution < 1.29 is 31.5 Å². The van der Waals surface area contributed by atoms with Gasteiger partial charge in [-0.25, -0.2) is 8.42 Å². The minimum atomic E-state index is -4.52. The lowest BCUT2D eigenvalue weighted by Gasteiger charge is -2.44. The van der Waals surface area contributed by atoms with Crippen LogP contribution in [0.2, 0.25) is 0 Å². The molecule has 0 bridgehead atoms. The molecule has 220 valence electrons. The maximum atomic E-state index is 13.6. The molecule has 5 unspecified atom stereocenters. The molecule has 1 aliphatic heterocycles. The fourth-order valence-corrected chi connectivity index (χ4v) is 7.94. The summed E-state index contributed by atoms with van der Waals surface area (Å²) in [5, 5.41) is 10.7. The minimum Gasteiger partial charge on any atom is -0.388 e. The zero-order valence-electron chi connectivity index (χ0n) is 23.2. The minimum absolute atomic E-state index is 0.0229. The zero-order valence-corrected chi connectivity index (χ0v) is 24.0. The lowest BCUT2D eigenvalue weighted by atomic mass is 9.80. The molecule has 2 aliphatic rings. The highest BCUT2D eigenvalue weighted by molar-refractivity contribution is 7.91. The molecular weight excluding hydrogens is 541 g/mol. The molecule has 1 heterocycles. The SMILES string of the molecule is CC(C)N(C)C1CCC(N2CCC(CC(O)c3cccc(C(F)(F)F)c3)C2=O)C(CS(=O)(=O)c2ccccc2)C1. The fourth-order valence-electron chi connectivity index (χ4n) is 6.25. The van der Waals surface area contributed by atoms with Crippen LogP contribution >= 0.6 is 0 Å². The molecule has 2 fully saturated rings. The first-order valence-corrected chi connectivity index (χ1v) is 15.6. The van der Waals surface area contributed by atoms with Crippen molar-refractivity contribution in [3.63, 3.8) is 0 Å². The summed E-state index contributed by atoms with van der Waals surface area (Å²) < 4.78 is 66.2. The molecule has 6 nitrogen and oxygen atoms in total. The highest BCUT2D eigenvalue weighted by Crippen LogP contribution is 2.39. The summed E-state index contributed by atoms with van der Waals surface area (Å²) in [6.45, 7) is 4.65. The van der Waals surface area contributed by atoms with Crippen molar-refractivity contribution in [1.29, 1.82) is 0 Å². The number of benzene rings is 2. The van der Waals surface area contributed by atoms with E-state index in [-0.39, 0.29) is 46.5 Å². The molecule has 0 aromatic heterocycles. The Bertz CT molecular complexity index is 1270. The molecule has 2 aromatic rings. The van der Waals surface area contributed by atoms with Gasteiger partial charge < -0.3 is 14.9 Å². The van der Waals surface area contributed by atoms with E-state index in [1.54, 1.807) is 35.2 Å². The number of likely N-dealkylation sites (tertiary alicyclic amines) is 1. The van der Waals surface area contributed by atoms with Gasteiger partial charge in [-0.15, -0.1) is 0 Å². The van der Waals surface area contributed by atoms with Crippen LogP contribution in [0.25, 0.3) is 0 Å². The molecule has 1 N–H and O–H groups in total. The van der Waals surface area contributed by atoms with Crippen LogP contribution < -0.4 is 0 Å². The molecule has 1 saturated heterocycles. The third-order valence-electron chi connectivity index (χ3n) is 8.70. The monoisotopic (exact) mass is 580 g/mol. The second-order valence-electron chi connectivity index (χ2n) is 11.5. The van der Waals surface area contributed by atoms with Gasteiger partial charge in [-0.2, -0.15) is 13.2 Å². The largest absolute Gasteiger partial charge is 0.416 e. The Labute approximate surface area is 235 Å². The maximum Gasteiger partial charge on any atom is 0.416 e. The normalized spacial score (nSPS) is 25.1. The van der Waals surface area contributed by atoms with E-state index in [9.17, 15) is 31.5 Å². The number of hydrogen-bond donors (Lipinski definition) is 1. The van der Waals surface area contributed by atoms with Gasteiger partial charge in [0, 0.05) is 30.6 Å². The molecule has 2 aromatic carbocycles. The van der Waals surface area contributed by atoms with Crippen LogP contribution in [0.4, 0.5) is 13.2 Å². The lowest BCUT2D eigenvalue weighted by molar-refractivity contribution is -0.138. The van der Waals surface area contributed by atoms with E-state index in [4.69, 9.17) is 0 Å². The van der Waals surface area contributed by atoms with Gasteiger partial charge in [0.2, 0.25) is 5.91 Å². The van der Waals surface area contributed by atoms with Crippen molar-refractivity contribution in [3.8, 4) is 0 Å². The molecule has 1 aliphatic carbocycles. The number of nitrogens with zero attached hydrogens (tertiary/aromatic N) is 2. The Morgan fingerprint density at radius 1 is 1.05 bits per heavy atom. The van der Waals surface area contributed by atoms with Crippen LogP contribution in [0.15, 0.2) is 59.5 Å². The molecule has 4 rings (SSSR count). The highest BCUT2D eigenvalue weighted by atomic mass is 32.2. The molecular formula is C30H39F3N2O4S. The third-order valence-corrected chi connectivity index (χ3v) is 10.6. The lowest BCUT2D eigenvalue weighted by Crippen LogP contribution is -2.51. The van der Waals surface area contributed by atoms with Gasteiger partial charge in [0.1, 0.15) is 0 Å². The van der Waals surface area contributed by atoms with Gasteiger partial charge in [-0.05, 0) is 88.7 Å². The summed E-state index contributed by atoms with van der Waals surface area (Å²) in [6.07, 6.45) is -3.08. The second-order valence-corrected chi connectivity index (χ2v) is 13.6. The number of alkyl halides is 3. The molecule has 5 atom stereocenters. The smallest absolute Gasteiger partial charge is 0.388 e. The molecule has 10 heteroatoms. The molecule has 40 heavy (non-hydrogen) atoms. The Morgan fingerprint density at radius 3 is 2.40 bits per heavy atom. The number of rotatable bonds is 9. The van der Waals surface area contributed by atoms with Crippen LogP contribution in [0.1, 0.15) is 63.2 Å². The molecule has 1 saturated carbocycles. The zero-order chi connectivity index (χ0) is 29.2. The summed E-state index contributed by atoms with van der Waals surface area (Å²) in [5.74, 6) is -1.02. The van der Waals surface area contributed by atoms with Crippen molar-refractivity contribution in [2.24, 2.45) is 11.8 Å². The first-order chi connectivity index (χ1) is 18.8. The Kier molecular flexibility index (Phi) is 9.31. The van der Waals surface area contributed by atoms with Gasteiger partial charge in [0.25, 0.3) is 0 Å². The number of carbonyl (C=O) groups excluding carboxylic acids is 1. The number of sulfone groups is 1. The van der Waals surface area contributed by atoms with Crippen LogP contribution in [0.5, 0.6) is 0 Å². The van der Waals surface area contributed by atoms with E-state index in [0.29, 0.717) is 31.8 Å². The van der Waals surface area contributed by atoms with Crippen LogP contribution in [0, 0.1) is 11.8 Å². The number of aliphatic hydroxyl groups is 1. The van der Waals surface area contributed by atoms with E-state index >= 15 is 0 Å². The number of hydrogen-bond acceptors (Lipinski definition) is 5. The average molecular weight is 581 g/mol. The summed E-state index contributed by atoms with van der Waals surface area (Å²) >= 11 is 0. The standard InChI is InChI=1S/C30H39F3N2O4S/c1-20(2)34(3)25-12-13-27(23(17-25)19-40(38,39)26-10-5-4-6-11-26)35-15-14-22(29(35)37)18-28(36)21-8-7-9-24(16-21)30(31,32)33/h4-11,16,20,22-23,25,27-28,36H,12-15,17-19H2,1-3H3. The van der Waals surface area contributed by atoms with Gasteiger partial charge >= 0.3 is 6.18 Å². The van der Waals surface area contributed by atoms with Gasteiger partial charge in [-0.1, -0.05) is 30.3 Å². The number of aliphatic hydroxyl groups excluding tert-OH is 1. The number of carbonyl (C=O) groups is 1. The number of halogens is 3. The molecule has 0 spiro atoms. The van der Waals surface area contributed by atoms with Crippen molar-refractivity contribution >= 4 is 15.7 Å². The Balaban J connectivity index is 1.51. The Morgan fingerprint density at radius 2 is 1.75 bits per heavy atom. The topological polar surface area (TPSA) is 77.9 Å². The van der Waals surface area contributed by atoms with Crippen LogP contribution in [0.3, 0.4) is 0 Å². The van der Waals surface area contributed by atoms with Gasteiger partial charge in [-0.3, -0.25) is 4.79 Å². The fraction of sp³-hybridized carbons (Fsp3) is 0.567. The second kappa shape index (κ2) is 12.2. The quantitative estimate of drug-likeness (QED) is 0.434. The van der Waals surface area contributed by atoms with E-state index in [1.807, 2.05) is 7.05 Å². The van der Waals surface area contributed by atoms with Crippen molar-refractivity contribution in [1.82, 2.24) is 9.80 Å². The van der Waals surface area contributed by atoms with E-state index in [1.165, 1.54) is 12.1 Å². The summed E-state index contributed by atoms with van der Waals surface area (Å²) in [5.41, 5.74) is -0.709. The summed E-state index contributed by atoms with van der Waals surface area (Å²) in [4.78, 5) is 17.9. The first kappa shape index (κ1) is 30.5. The summed E-state index contributed by atoms with van der Waals surface area (Å²) in [7, 11) is -1.54. The van der Waals surface area contributed by atoms with Gasteiger partial charge in [0.15, 0.2) is 9.84 Å². The highest BCUT2D eigenvalue weighted by Gasteiger charge is 2.44. The third kappa shape index (κ3) is 6.89. The van der Waals surface area contributed by atoms with E-state index in [2.05, 4.69) is 18.7 Å². The van der Waals surface area contributed by atoms with Crippen molar-refractivity contribution in [3.05, 3.63) is 65.7 Å². The first-order valence-electron chi connectivity index (χ1n) is 13.9. The van der Waals surface area contributed by atoms with Crippen molar-refractivity contribution in [2.75, 3.05) is 19.3 Å². The predicted molar refractivity (Wildman–Crippen MR) is 147 cm³/mol. The van der Waals surface area contributed by atoms with Crippen LogP contribution in [-0.2, 0) is 20.8 Å². The Hall–Kier alpha value is -2.43.